The average Bonchev–Trinajstić information content (AvgIpc) is 3.06. The Kier molecular flexibility index (Phi) is 6.90. The lowest BCUT2D eigenvalue weighted by atomic mass is 9.75. The number of imidazole rings is 1. The van der Waals surface area contributed by atoms with E-state index in [1.54, 1.807) is 7.11 Å². The lowest BCUT2D eigenvalue weighted by molar-refractivity contribution is -0.161. The van der Waals surface area contributed by atoms with E-state index in [1.165, 1.54) is 0 Å². The molecule has 2 heterocycles. The summed E-state index contributed by atoms with van der Waals surface area (Å²) in [7, 11) is 1.64. The number of rotatable bonds is 8. The van der Waals surface area contributed by atoms with Gasteiger partial charge in [0.25, 0.3) is 0 Å². The van der Waals surface area contributed by atoms with E-state index >= 15 is 0 Å². The third-order valence-electron chi connectivity index (χ3n) is 5.96. The van der Waals surface area contributed by atoms with Gasteiger partial charge >= 0.3 is 5.97 Å². The number of hydrogen-bond acceptors (Lipinski definition) is 5. The Morgan fingerprint density at radius 2 is 1.93 bits per heavy atom. The van der Waals surface area contributed by atoms with Crippen LogP contribution in [0.25, 0.3) is 11.0 Å². The highest BCUT2D eigenvalue weighted by molar-refractivity contribution is 5.80. The number of hydrogen-bond donors (Lipinski definition) is 0. The first-order valence-corrected chi connectivity index (χ1v) is 10.4. The standard InChI is InChI=1S/C22H31N3O4/c1-4-29-21(27)22(12-16-28-3)10-14-24(15-11-22)20(26)9-13-25-17(2)23-18-7-5-6-8-19(18)25/h5-8H,4,9-16H2,1-3H3. The van der Waals surface area contributed by atoms with Gasteiger partial charge in [0.2, 0.25) is 5.91 Å². The van der Waals surface area contributed by atoms with Crippen molar-refractivity contribution in [2.24, 2.45) is 5.41 Å². The first-order valence-electron chi connectivity index (χ1n) is 10.4. The minimum Gasteiger partial charge on any atom is -0.466 e. The van der Waals surface area contributed by atoms with E-state index in [4.69, 9.17) is 9.47 Å². The second-order valence-electron chi connectivity index (χ2n) is 7.67. The first kappa shape index (κ1) is 21.3. The molecule has 2 aromatic rings. The van der Waals surface area contributed by atoms with Gasteiger partial charge in [-0.1, -0.05) is 12.1 Å². The third kappa shape index (κ3) is 4.61. The topological polar surface area (TPSA) is 73.7 Å². The highest BCUT2D eigenvalue weighted by Gasteiger charge is 2.43. The van der Waals surface area contributed by atoms with Gasteiger partial charge in [-0.05, 0) is 45.2 Å². The molecule has 0 N–H and O–H groups in total. The van der Waals surface area contributed by atoms with Crippen molar-refractivity contribution >= 4 is 22.9 Å². The molecule has 1 fully saturated rings. The molecule has 1 aromatic heterocycles. The van der Waals surface area contributed by atoms with Crippen LogP contribution in [0.15, 0.2) is 24.3 Å². The highest BCUT2D eigenvalue weighted by atomic mass is 16.5. The number of piperidine rings is 1. The molecule has 1 amide bonds. The molecule has 0 saturated carbocycles. The Morgan fingerprint density at radius 1 is 1.21 bits per heavy atom. The quantitative estimate of drug-likeness (QED) is 0.636. The molecule has 1 aliphatic heterocycles. The van der Waals surface area contributed by atoms with Crippen molar-refractivity contribution in [3.8, 4) is 0 Å². The molecular formula is C22H31N3O4. The monoisotopic (exact) mass is 401 g/mol. The van der Waals surface area contributed by atoms with Crippen LogP contribution in [0.5, 0.6) is 0 Å². The van der Waals surface area contributed by atoms with Crippen LogP contribution < -0.4 is 0 Å². The van der Waals surface area contributed by atoms with Crippen LogP contribution in [0, 0.1) is 12.3 Å². The number of nitrogens with zero attached hydrogens (tertiary/aromatic N) is 3. The summed E-state index contributed by atoms with van der Waals surface area (Å²) in [5.41, 5.74) is 1.46. The smallest absolute Gasteiger partial charge is 0.312 e. The van der Waals surface area contributed by atoms with E-state index in [2.05, 4.69) is 9.55 Å². The Bertz CT molecular complexity index is 853. The molecule has 1 aromatic carbocycles. The average molecular weight is 402 g/mol. The zero-order valence-electron chi connectivity index (χ0n) is 17.6. The maximum atomic E-state index is 12.8. The zero-order valence-corrected chi connectivity index (χ0v) is 17.6. The Labute approximate surface area is 172 Å². The molecule has 1 saturated heterocycles. The predicted molar refractivity (Wildman–Crippen MR) is 110 cm³/mol. The van der Waals surface area contributed by atoms with Gasteiger partial charge in [-0.25, -0.2) is 4.98 Å². The molecule has 1 aliphatic rings. The summed E-state index contributed by atoms with van der Waals surface area (Å²) in [6.07, 6.45) is 2.29. The molecular weight excluding hydrogens is 370 g/mol. The Balaban J connectivity index is 1.60. The number of aromatic nitrogens is 2. The number of carbonyl (C=O) groups excluding carboxylic acids is 2. The van der Waals surface area contributed by atoms with E-state index in [-0.39, 0.29) is 11.9 Å². The summed E-state index contributed by atoms with van der Waals surface area (Å²) in [6.45, 7) is 6.43. The van der Waals surface area contributed by atoms with Crippen molar-refractivity contribution < 1.29 is 19.1 Å². The number of methoxy groups -OCH3 is 1. The SMILES string of the molecule is CCOC(=O)C1(CCOC)CCN(C(=O)CCn2c(C)nc3ccccc32)CC1. The van der Waals surface area contributed by atoms with E-state index in [0.717, 1.165) is 16.9 Å². The number of likely N-dealkylation sites (tertiary alicyclic amines) is 1. The summed E-state index contributed by atoms with van der Waals surface area (Å²) in [6, 6.07) is 7.98. The number of esters is 1. The summed E-state index contributed by atoms with van der Waals surface area (Å²) >= 11 is 0. The molecule has 3 rings (SSSR count). The largest absolute Gasteiger partial charge is 0.466 e. The third-order valence-corrected chi connectivity index (χ3v) is 5.96. The van der Waals surface area contributed by atoms with Gasteiger partial charge < -0.3 is 18.9 Å². The highest BCUT2D eigenvalue weighted by Crippen LogP contribution is 2.36. The molecule has 0 aliphatic carbocycles. The van der Waals surface area contributed by atoms with E-state index < -0.39 is 5.41 Å². The summed E-state index contributed by atoms with van der Waals surface area (Å²) < 4.78 is 12.6. The molecule has 0 atom stereocenters. The second-order valence-corrected chi connectivity index (χ2v) is 7.67. The first-order chi connectivity index (χ1) is 14.0. The van der Waals surface area contributed by atoms with Crippen LogP contribution >= 0.6 is 0 Å². The Hall–Kier alpha value is -2.41. The number of benzene rings is 1. The van der Waals surface area contributed by atoms with E-state index in [0.29, 0.717) is 58.5 Å². The van der Waals surface area contributed by atoms with Gasteiger partial charge in [0, 0.05) is 39.8 Å². The number of fused-ring (bicyclic) bond motifs is 1. The summed E-state index contributed by atoms with van der Waals surface area (Å²) in [4.78, 5) is 31.8. The molecule has 0 bridgehead atoms. The van der Waals surface area contributed by atoms with E-state index in [9.17, 15) is 9.59 Å². The number of ether oxygens (including phenoxy) is 2. The normalized spacial score (nSPS) is 16.2. The fourth-order valence-corrected chi connectivity index (χ4v) is 4.17. The van der Waals surface area contributed by atoms with Crippen molar-refractivity contribution in [2.45, 2.75) is 46.1 Å². The van der Waals surface area contributed by atoms with Gasteiger partial charge in [-0.3, -0.25) is 9.59 Å². The molecule has 0 unspecified atom stereocenters. The number of carbonyl (C=O) groups is 2. The van der Waals surface area contributed by atoms with Crippen molar-refractivity contribution in [3.63, 3.8) is 0 Å². The van der Waals surface area contributed by atoms with Crippen LogP contribution in [0.4, 0.5) is 0 Å². The van der Waals surface area contributed by atoms with Crippen LogP contribution in [0.2, 0.25) is 0 Å². The van der Waals surface area contributed by atoms with E-state index in [1.807, 2.05) is 43.0 Å². The number of para-hydroxylation sites is 2. The molecule has 7 heteroatoms. The summed E-state index contributed by atoms with van der Waals surface area (Å²) in [5, 5.41) is 0. The van der Waals surface area contributed by atoms with Gasteiger partial charge in [0.1, 0.15) is 5.82 Å². The molecule has 29 heavy (non-hydrogen) atoms. The van der Waals surface area contributed by atoms with Crippen molar-refractivity contribution in [1.29, 1.82) is 0 Å². The Morgan fingerprint density at radius 3 is 2.62 bits per heavy atom. The number of amides is 1. The molecule has 0 radical (unpaired) electrons. The lowest BCUT2D eigenvalue weighted by Gasteiger charge is -2.40. The minimum atomic E-state index is -0.542. The van der Waals surface area contributed by atoms with Gasteiger partial charge in [0.15, 0.2) is 0 Å². The van der Waals surface area contributed by atoms with Gasteiger partial charge in [0.05, 0.1) is 23.1 Å². The van der Waals surface area contributed by atoms with Crippen LogP contribution in [0.3, 0.4) is 0 Å². The second kappa shape index (κ2) is 9.39. The minimum absolute atomic E-state index is 0.117. The maximum absolute atomic E-state index is 12.8. The van der Waals surface area contributed by atoms with Crippen molar-refractivity contribution in [2.75, 3.05) is 33.4 Å². The predicted octanol–water partition coefficient (Wildman–Crippen LogP) is 2.94. The van der Waals surface area contributed by atoms with Crippen LogP contribution in [-0.2, 0) is 25.6 Å². The fourth-order valence-electron chi connectivity index (χ4n) is 4.17. The summed E-state index contributed by atoms with van der Waals surface area (Å²) in [5.74, 6) is 0.870. The van der Waals surface area contributed by atoms with Crippen LogP contribution in [0.1, 0.15) is 38.4 Å². The lowest BCUT2D eigenvalue weighted by Crippen LogP contribution is -2.47. The fraction of sp³-hybridized carbons (Fsp3) is 0.591. The van der Waals surface area contributed by atoms with Crippen molar-refractivity contribution in [1.82, 2.24) is 14.5 Å². The van der Waals surface area contributed by atoms with Gasteiger partial charge in [-0.2, -0.15) is 0 Å². The zero-order chi connectivity index (χ0) is 20.9. The van der Waals surface area contributed by atoms with Crippen LogP contribution in [-0.4, -0.2) is 59.7 Å². The molecule has 158 valence electrons. The molecule has 0 spiro atoms. The van der Waals surface area contributed by atoms with Crippen molar-refractivity contribution in [3.05, 3.63) is 30.1 Å². The van der Waals surface area contributed by atoms with Gasteiger partial charge in [-0.15, -0.1) is 0 Å². The number of aryl methyl sites for hydroxylation is 2. The maximum Gasteiger partial charge on any atom is 0.312 e. The molecule has 7 nitrogen and oxygen atoms in total.